The minimum absolute atomic E-state index is 0.0223. The number of para-hydroxylation sites is 2. The Labute approximate surface area is 172 Å². The van der Waals surface area contributed by atoms with Crippen LogP contribution in [0.3, 0.4) is 0 Å². The lowest BCUT2D eigenvalue weighted by molar-refractivity contribution is 0.0961. The number of fused-ring (bicyclic) bond motifs is 2. The second-order valence-electron chi connectivity index (χ2n) is 7.33. The van der Waals surface area contributed by atoms with Crippen molar-refractivity contribution in [3.8, 4) is 0 Å². The molecule has 0 atom stereocenters. The van der Waals surface area contributed by atoms with Crippen molar-refractivity contribution < 1.29 is 9.59 Å². The van der Waals surface area contributed by atoms with Crippen LogP contribution in [0.2, 0.25) is 0 Å². The summed E-state index contributed by atoms with van der Waals surface area (Å²) >= 11 is 0. The van der Waals surface area contributed by atoms with E-state index in [1.165, 1.54) is 16.8 Å². The quantitative estimate of drug-likeness (QED) is 0.487. The molecule has 0 saturated carbocycles. The standard InChI is InChI=1S/C22H20N6O2/c23-20(29)18-19(25-12-24-18)21(30)28(22-26-15-9-3-4-10-16(15)27-22)17-11-5-7-13-6-1-2-8-14(13)17/h3-5,7,9-12H,1-2,6,8H2,(H2,23,29)(H,24,25)(H,26,27). The second kappa shape index (κ2) is 7.14. The minimum atomic E-state index is -0.740. The molecule has 5 rings (SSSR count). The first kappa shape index (κ1) is 18.1. The normalized spacial score (nSPS) is 13.2. The number of imidazole rings is 2. The van der Waals surface area contributed by atoms with E-state index in [0.717, 1.165) is 48.0 Å². The zero-order valence-corrected chi connectivity index (χ0v) is 16.2. The van der Waals surface area contributed by atoms with Crippen molar-refractivity contribution in [3.63, 3.8) is 0 Å². The first-order chi connectivity index (χ1) is 14.6. The van der Waals surface area contributed by atoms with Crippen LogP contribution in [0.4, 0.5) is 11.6 Å². The molecule has 8 heteroatoms. The molecule has 0 bridgehead atoms. The third-order valence-corrected chi connectivity index (χ3v) is 5.49. The molecule has 2 aromatic heterocycles. The van der Waals surface area contributed by atoms with Gasteiger partial charge in [0, 0.05) is 0 Å². The average Bonchev–Trinajstić information content (AvgIpc) is 3.41. The number of primary amides is 1. The molecule has 1 aliphatic rings. The predicted molar refractivity (Wildman–Crippen MR) is 113 cm³/mol. The molecule has 0 unspecified atom stereocenters. The molecule has 2 aromatic carbocycles. The maximum absolute atomic E-state index is 13.7. The molecule has 0 aliphatic heterocycles. The number of H-pyrrole nitrogens is 2. The van der Waals surface area contributed by atoms with Gasteiger partial charge in [-0.05, 0) is 55.0 Å². The van der Waals surface area contributed by atoms with Crippen molar-refractivity contribution >= 4 is 34.5 Å². The van der Waals surface area contributed by atoms with Crippen LogP contribution in [0, 0.1) is 0 Å². The van der Waals surface area contributed by atoms with Crippen LogP contribution in [0.5, 0.6) is 0 Å². The summed E-state index contributed by atoms with van der Waals surface area (Å²) in [5.74, 6) is -0.836. The molecule has 2 heterocycles. The number of carbonyl (C=O) groups is 2. The first-order valence-electron chi connectivity index (χ1n) is 9.86. The van der Waals surface area contributed by atoms with E-state index in [0.29, 0.717) is 5.95 Å². The van der Waals surface area contributed by atoms with E-state index >= 15 is 0 Å². The number of aryl methyl sites for hydroxylation is 1. The number of hydrogen-bond acceptors (Lipinski definition) is 4. The number of benzene rings is 2. The summed E-state index contributed by atoms with van der Waals surface area (Å²) in [7, 11) is 0. The van der Waals surface area contributed by atoms with Crippen molar-refractivity contribution in [2.24, 2.45) is 5.73 Å². The van der Waals surface area contributed by atoms with Crippen LogP contribution in [0.15, 0.2) is 48.8 Å². The van der Waals surface area contributed by atoms with Crippen LogP contribution in [0.1, 0.15) is 44.9 Å². The molecule has 0 spiro atoms. The molecule has 150 valence electrons. The fourth-order valence-electron chi connectivity index (χ4n) is 4.09. The fourth-order valence-corrected chi connectivity index (χ4v) is 4.09. The summed E-state index contributed by atoms with van der Waals surface area (Å²) in [4.78, 5) is 41.6. The largest absolute Gasteiger partial charge is 0.364 e. The predicted octanol–water partition coefficient (Wildman–Crippen LogP) is 3.24. The van der Waals surface area contributed by atoms with Crippen molar-refractivity contribution in [3.05, 3.63) is 71.3 Å². The molecular formula is C22H20N6O2. The Kier molecular flexibility index (Phi) is 4.31. The van der Waals surface area contributed by atoms with E-state index in [9.17, 15) is 9.59 Å². The molecule has 1 aliphatic carbocycles. The number of nitrogens with two attached hydrogens (primary N) is 1. The number of nitrogens with zero attached hydrogens (tertiary/aromatic N) is 3. The topological polar surface area (TPSA) is 121 Å². The van der Waals surface area contributed by atoms with Gasteiger partial charge < -0.3 is 15.7 Å². The Hall–Kier alpha value is -3.94. The molecule has 30 heavy (non-hydrogen) atoms. The number of amides is 2. The Morgan fingerprint density at radius 2 is 1.87 bits per heavy atom. The van der Waals surface area contributed by atoms with Gasteiger partial charge in [0.2, 0.25) is 5.95 Å². The van der Waals surface area contributed by atoms with Gasteiger partial charge in [-0.25, -0.2) is 14.9 Å². The molecule has 2 amide bonds. The zero-order valence-electron chi connectivity index (χ0n) is 16.2. The number of anilines is 2. The van der Waals surface area contributed by atoms with Gasteiger partial charge in [-0.1, -0.05) is 24.3 Å². The van der Waals surface area contributed by atoms with Gasteiger partial charge in [0.25, 0.3) is 11.8 Å². The fraction of sp³-hybridized carbons (Fsp3) is 0.182. The van der Waals surface area contributed by atoms with Crippen LogP contribution < -0.4 is 10.6 Å². The highest BCUT2D eigenvalue weighted by Crippen LogP contribution is 2.35. The van der Waals surface area contributed by atoms with E-state index < -0.39 is 11.8 Å². The lowest BCUT2D eigenvalue weighted by Crippen LogP contribution is -2.31. The Morgan fingerprint density at radius 3 is 2.70 bits per heavy atom. The molecule has 8 nitrogen and oxygen atoms in total. The van der Waals surface area contributed by atoms with Crippen LogP contribution in [0.25, 0.3) is 11.0 Å². The summed E-state index contributed by atoms with van der Waals surface area (Å²) in [6, 6.07) is 13.5. The Bertz CT molecular complexity index is 1240. The van der Waals surface area contributed by atoms with Crippen LogP contribution in [-0.4, -0.2) is 31.8 Å². The summed E-state index contributed by atoms with van der Waals surface area (Å²) in [5, 5.41) is 0. The first-order valence-corrected chi connectivity index (χ1v) is 9.86. The Balaban J connectivity index is 1.71. The SMILES string of the molecule is NC(=O)c1[nH]cnc1C(=O)N(c1nc2ccccc2[nH]1)c1cccc2c1CCCC2. The number of nitrogens with one attached hydrogen (secondary N) is 2. The van der Waals surface area contributed by atoms with Gasteiger partial charge in [-0.2, -0.15) is 0 Å². The van der Waals surface area contributed by atoms with E-state index in [4.69, 9.17) is 5.73 Å². The highest BCUT2D eigenvalue weighted by atomic mass is 16.2. The second-order valence-corrected chi connectivity index (χ2v) is 7.33. The highest BCUT2D eigenvalue weighted by molar-refractivity contribution is 6.14. The summed E-state index contributed by atoms with van der Waals surface area (Å²) in [5.41, 5.74) is 10.0. The average molecular weight is 400 g/mol. The molecular weight excluding hydrogens is 380 g/mol. The van der Waals surface area contributed by atoms with Gasteiger partial charge in [-0.3, -0.25) is 9.59 Å². The monoisotopic (exact) mass is 400 g/mol. The number of carbonyl (C=O) groups excluding carboxylic acids is 2. The summed E-state index contributed by atoms with van der Waals surface area (Å²) < 4.78 is 0. The third kappa shape index (κ3) is 2.93. The smallest absolute Gasteiger partial charge is 0.286 e. The lowest BCUT2D eigenvalue weighted by atomic mass is 9.90. The van der Waals surface area contributed by atoms with Crippen molar-refractivity contribution in [2.45, 2.75) is 25.7 Å². The summed E-state index contributed by atoms with van der Waals surface area (Å²) in [6.07, 6.45) is 5.32. The van der Waals surface area contributed by atoms with Crippen LogP contribution in [-0.2, 0) is 12.8 Å². The molecule has 0 saturated heterocycles. The van der Waals surface area contributed by atoms with Gasteiger partial charge in [-0.15, -0.1) is 0 Å². The molecule has 0 fully saturated rings. The maximum Gasteiger partial charge on any atom is 0.286 e. The maximum atomic E-state index is 13.7. The lowest BCUT2D eigenvalue weighted by Gasteiger charge is -2.26. The molecule has 4 aromatic rings. The third-order valence-electron chi connectivity index (χ3n) is 5.49. The van der Waals surface area contributed by atoms with Crippen molar-refractivity contribution in [1.29, 1.82) is 0 Å². The van der Waals surface area contributed by atoms with Crippen molar-refractivity contribution in [1.82, 2.24) is 19.9 Å². The van der Waals surface area contributed by atoms with Gasteiger partial charge in [0.1, 0.15) is 5.69 Å². The van der Waals surface area contributed by atoms with E-state index in [2.05, 4.69) is 26.0 Å². The zero-order chi connectivity index (χ0) is 20.7. The van der Waals surface area contributed by atoms with Crippen LogP contribution >= 0.6 is 0 Å². The van der Waals surface area contributed by atoms with E-state index in [-0.39, 0.29) is 11.4 Å². The number of rotatable bonds is 4. The minimum Gasteiger partial charge on any atom is -0.364 e. The van der Waals surface area contributed by atoms with E-state index in [1.54, 1.807) is 0 Å². The molecule has 4 N–H and O–H groups in total. The Morgan fingerprint density at radius 1 is 1.03 bits per heavy atom. The van der Waals surface area contributed by atoms with Gasteiger partial charge in [0.15, 0.2) is 5.69 Å². The molecule has 0 radical (unpaired) electrons. The number of aromatic nitrogens is 4. The van der Waals surface area contributed by atoms with Gasteiger partial charge in [0.05, 0.1) is 23.0 Å². The van der Waals surface area contributed by atoms with E-state index in [1.807, 2.05) is 36.4 Å². The highest BCUT2D eigenvalue weighted by Gasteiger charge is 2.30. The number of aromatic amines is 2. The number of hydrogen-bond donors (Lipinski definition) is 3. The van der Waals surface area contributed by atoms with Crippen molar-refractivity contribution in [2.75, 3.05) is 4.90 Å². The van der Waals surface area contributed by atoms with Gasteiger partial charge >= 0.3 is 0 Å². The summed E-state index contributed by atoms with van der Waals surface area (Å²) in [6.45, 7) is 0.